The second-order valence-corrected chi connectivity index (χ2v) is 3.97. The van der Waals surface area contributed by atoms with Crippen molar-refractivity contribution in [1.29, 1.82) is 0 Å². The molecule has 0 aliphatic carbocycles. The van der Waals surface area contributed by atoms with Gasteiger partial charge in [0.2, 0.25) is 6.10 Å². The topological polar surface area (TPSA) is 105 Å². The molecule has 0 bridgehead atoms. The Morgan fingerprint density at radius 2 is 2.10 bits per heavy atom. The lowest BCUT2D eigenvalue weighted by Gasteiger charge is -2.09. The maximum Gasteiger partial charge on any atom is 0.347 e. The van der Waals surface area contributed by atoms with Crippen LogP contribution in [0.25, 0.3) is 0 Å². The lowest BCUT2D eigenvalue weighted by atomic mass is 10.3. The first-order valence-corrected chi connectivity index (χ1v) is 5.79. The van der Waals surface area contributed by atoms with Gasteiger partial charge in [-0.05, 0) is 12.1 Å². The molecule has 0 amide bonds. The quantitative estimate of drug-likeness (QED) is 0.447. The fraction of sp³-hybridized carbons (Fsp3) is 0.333. The smallest absolute Gasteiger partial charge is 0.347 e. The minimum atomic E-state index is -0.872. The third-order valence-electron chi connectivity index (χ3n) is 2.57. The zero-order valence-corrected chi connectivity index (χ0v) is 10.3. The highest BCUT2D eigenvalue weighted by Crippen LogP contribution is 2.17. The maximum atomic E-state index is 11.4. The molecule has 0 unspecified atom stereocenters. The molecule has 1 aromatic carbocycles. The van der Waals surface area contributed by atoms with E-state index in [1.165, 1.54) is 24.3 Å². The number of hydrogen-bond donors (Lipinski definition) is 0. The minimum Gasteiger partial charge on any atom is -0.482 e. The highest BCUT2D eigenvalue weighted by atomic mass is 16.6. The van der Waals surface area contributed by atoms with Crippen LogP contribution in [0.2, 0.25) is 0 Å². The predicted octanol–water partition coefficient (Wildman–Crippen LogP) is 0.832. The zero-order valence-electron chi connectivity index (χ0n) is 10.3. The molecule has 1 aliphatic heterocycles. The molecule has 0 spiro atoms. The van der Waals surface area contributed by atoms with Crippen LogP contribution < -0.4 is 4.74 Å². The molecule has 0 aromatic heterocycles. The fourth-order valence-corrected chi connectivity index (χ4v) is 1.58. The molecule has 1 heterocycles. The van der Waals surface area contributed by atoms with E-state index in [2.05, 4.69) is 4.74 Å². The molecular formula is C12H11NO7. The second kappa shape index (κ2) is 6.00. The number of cyclic esters (lactones) is 1. The summed E-state index contributed by atoms with van der Waals surface area (Å²) in [5, 5.41) is 10.4. The van der Waals surface area contributed by atoms with E-state index in [1.807, 2.05) is 0 Å². The van der Waals surface area contributed by atoms with Crippen molar-refractivity contribution >= 4 is 17.6 Å². The Labute approximate surface area is 113 Å². The van der Waals surface area contributed by atoms with E-state index in [1.54, 1.807) is 0 Å². The van der Waals surface area contributed by atoms with Gasteiger partial charge in [-0.25, -0.2) is 9.59 Å². The Morgan fingerprint density at radius 3 is 2.65 bits per heavy atom. The molecule has 0 saturated carbocycles. The Morgan fingerprint density at radius 1 is 1.40 bits per heavy atom. The number of benzene rings is 1. The number of nitro benzene ring substituents is 1. The largest absolute Gasteiger partial charge is 0.482 e. The van der Waals surface area contributed by atoms with Crippen molar-refractivity contribution in [2.45, 2.75) is 12.5 Å². The van der Waals surface area contributed by atoms with E-state index in [-0.39, 0.29) is 18.9 Å². The van der Waals surface area contributed by atoms with E-state index in [0.717, 1.165) is 0 Å². The molecule has 20 heavy (non-hydrogen) atoms. The molecule has 106 valence electrons. The third kappa shape index (κ3) is 3.44. The lowest BCUT2D eigenvalue weighted by molar-refractivity contribution is -0.384. The van der Waals surface area contributed by atoms with Crippen LogP contribution in [-0.4, -0.2) is 36.2 Å². The molecule has 1 saturated heterocycles. The summed E-state index contributed by atoms with van der Waals surface area (Å²) in [5.74, 6) is -0.970. The highest BCUT2D eigenvalue weighted by Gasteiger charge is 2.30. The van der Waals surface area contributed by atoms with Crippen molar-refractivity contribution < 1.29 is 28.7 Å². The van der Waals surface area contributed by atoms with Gasteiger partial charge in [0.1, 0.15) is 5.75 Å². The number of carbonyl (C=O) groups excluding carboxylic acids is 2. The molecule has 0 N–H and O–H groups in total. The number of carbonyl (C=O) groups is 2. The zero-order chi connectivity index (χ0) is 14.5. The summed E-state index contributed by atoms with van der Waals surface area (Å²) >= 11 is 0. The first-order valence-electron chi connectivity index (χ1n) is 5.79. The molecule has 1 atom stereocenters. The minimum absolute atomic E-state index is 0.0753. The van der Waals surface area contributed by atoms with E-state index in [4.69, 9.17) is 9.47 Å². The van der Waals surface area contributed by atoms with Crippen LogP contribution >= 0.6 is 0 Å². The van der Waals surface area contributed by atoms with Crippen molar-refractivity contribution in [2.75, 3.05) is 13.2 Å². The van der Waals surface area contributed by atoms with Crippen molar-refractivity contribution in [2.24, 2.45) is 0 Å². The Balaban J connectivity index is 1.81. The fourth-order valence-electron chi connectivity index (χ4n) is 1.58. The summed E-state index contributed by atoms with van der Waals surface area (Å²) in [4.78, 5) is 32.4. The van der Waals surface area contributed by atoms with Crippen LogP contribution in [0, 0.1) is 10.1 Å². The Kier molecular flexibility index (Phi) is 4.14. The monoisotopic (exact) mass is 281 g/mol. The summed E-state index contributed by atoms with van der Waals surface area (Å²) in [7, 11) is 0. The maximum absolute atomic E-state index is 11.4. The number of nitro groups is 1. The first kappa shape index (κ1) is 13.8. The van der Waals surface area contributed by atoms with Crippen LogP contribution in [-0.2, 0) is 19.1 Å². The van der Waals surface area contributed by atoms with Gasteiger partial charge in [0.15, 0.2) is 6.61 Å². The van der Waals surface area contributed by atoms with Gasteiger partial charge in [-0.1, -0.05) is 0 Å². The highest BCUT2D eigenvalue weighted by molar-refractivity contribution is 5.81. The van der Waals surface area contributed by atoms with Gasteiger partial charge >= 0.3 is 11.9 Å². The number of non-ortho nitro benzene ring substituents is 1. The van der Waals surface area contributed by atoms with Crippen molar-refractivity contribution in [3.05, 3.63) is 34.4 Å². The SMILES string of the molecule is O=C(COc1ccc([N+](=O)[O-])cc1)O[C@@H]1CCOC1=O. The summed E-state index contributed by atoms with van der Waals surface area (Å²) in [6.45, 7) is -0.151. The van der Waals surface area contributed by atoms with Gasteiger partial charge in [0.25, 0.3) is 5.69 Å². The van der Waals surface area contributed by atoms with Crippen molar-refractivity contribution in [3.8, 4) is 5.75 Å². The average Bonchev–Trinajstić information content (AvgIpc) is 2.82. The van der Waals surface area contributed by atoms with Crippen LogP contribution in [0.15, 0.2) is 24.3 Å². The normalized spacial score (nSPS) is 17.4. The second-order valence-electron chi connectivity index (χ2n) is 3.97. The van der Waals surface area contributed by atoms with Gasteiger partial charge in [-0.15, -0.1) is 0 Å². The molecule has 1 fully saturated rings. The van der Waals surface area contributed by atoms with Gasteiger partial charge in [-0.3, -0.25) is 10.1 Å². The van der Waals surface area contributed by atoms with Gasteiger partial charge in [0.05, 0.1) is 11.5 Å². The molecule has 1 aromatic rings. The van der Waals surface area contributed by atoms with Gasteiger partial charge in [-0.2, -0.15) is 0 Å². The lowest BCUT2D eigenvalue weighted by Crippen LogP contribution is -2.26. The van der Waals surface area contributed by atoms with Gasteiger partial charge in [0, 0.05) is 18.6 Å². The molecule has 2 rings (SSSR count). The molecular weight excluding hydrogens is 270 g/mol. The molecule has 8 nitrogen and oxygen atoms in total. The third-order valence-corrected chi connectivity index (χ3v) is 2.57. The van der Waals surface area contributed by atoms with Crippen LogP contribution in [0.3, 0.4) is 0 Å². The van der Waals surface area contributed by atoms with Crippen LogP contribution in [0.5, 0.6) is 5.75 Å². The van der Waals surface area contributed by atoms with E-state index in [0.29, 0.717) is 12.2 Å². The number of nitrogens with zero attached hydrogens (tertiary/aromatic N) is 1. The number of esters is 2. The van der Waals surface area contributed by atoms with Gasteiger partial charge < -0.3 is 14.2 Å². The van der Waals surface area contributed by atoms with Crippen LogP contribution in [0.4, 0.5) is 5.69 Å². The molecule has 1 aliphatic rings. The standard InChI is InChI=1S/C12H11NO7/c14-11(20-10-5-6-18-12(10)15)7-19-9-3-1-8(2-4-9)13(16)17/h1-4,10H,5-7H2/t10-/m1/s1. The summed E-state index contributed by atoms with van der Waals surface area (Å²) in [6, 6.07) is 5.26. The average molecular weight is 281 g/mol. The Hall–Kier alpha value is -2.64. The number of hydrogen-bond acceptors (Lipinski definition) is 7. The van der Waals surface area contributed by atoms with E-state index < -0.39 is 23.0 Å². The first-order chi connectivity index (χ1) is 9.56. The summed E-state index contributed by atoms with van der Waals surface area (Å²) in [5.41, 5.74) is -0.0753. The molecule has 0 radical (unpaired) electrons. The van der Waals surface area contributed by atoms with Crippen LogP contribution in [0.1, 0.15) is 6.42 Å². The molecule has 8 heteroatoms. The van der Waals surface area contributed by atoms with E-state index >= 15 is 0 Å². The number of ether oxygens (including phenoxy) is 3. The summed E-state index contributed by atoms with van der Waals surface area (Å²) < 4.78 is 14.6. The summed E-state index contributed by atoms with van der Waals surface area (Å²) in [6.07, 6.45) is -0.537. The van der Waals surface area contributed by atoms with Crippen molar-refractivity contribution in [3.63, 3.8) is 0 Å². The number of rotatable bonds is 5. The van der Waals surface area contributed by atoms with Crippen molar-refractivity contribution in [1.82, 2.24) is 0 Å². The van der Waals surface area contributed by atoms with E-state index in [9.17, 15) is 19.7 Å². The Bertz CT molecular complexity index is 525. The predicted molar refractivity (Wildman–Crippen MR) is 64.0 cm³/mol.